The molecule has 1 heterocycles. The van der Waals surface area contributed by atoms with Crippen molar-refractivity contribution in [3.05, 3.63) is 88.0 Å². The molecule has 43 heavy (non-hydrogen) atoms. The van der Waals surface area contributed by atoms with Crippen molar-refractivity contribution in [2.24, 2.45) is 5.73 Å². The number of rotatable bonds is 5. The summed E-state index contributed by atoms with van der Waals surface area (Å²) in [5.74, 6) is -2.32. The van der Waals surface area contributed by atoms with Crippen LogP contribution in [0.25, 0.3) is 0 Å². The van der Waals surface area contributed by atoms with Gasteiger partial charge in [-0.25, -0.2) is 4.79 Å². The number of ether oxygens (including phenoxy) is 3. The smallest absolute Gasteiger partial charge is 0.411 e. The second kappa shape index (κ2) is 11.1. The standard InChI is InChI=1S/C32H32N2O9/c1-16-11-17(33)12-23(42-16)43-22-14-32(40,15-41-31(39)34-18-7-3-2-4-8-18)13-21-24(22)30(38)26-25(29(21)37)27(35)19-9-5-6-10-20(19)28(26)36/h2-10,16-17,22-23,37-38,40H,11-15,33H2,1H3,(H,34,39)/t16-,17+,22-,23-,32-/m0/s1. The maximum Gasteiger partial charge on any atom is 0.411 e. The molecule has 0 unspecified atom stereocenters. The van der Waals surface area contributed by atoms with Gasteiger partial charge in [0.05, 0.1) is 23.3 Å². The molecular formula is C32H32N2O9. The Bertz CT molecular complexity index is 1600. The molecule has 224 valence electrons. The summed E-state index contributed by atoms with van der Waals surface area (Å²) in [6.45, 7) is 1.35. The van der Waals surface area contributed by atoms with Crippen LogP contribution in [0.5, 0.6) is 11.5 Å². The van der Waals surface area contributed by atoms with E-state index in [1.807, 2.05) is 6.92 Å². The quantitative estimate of drug-likeness (QED) is 0.216. The van der Waals surface area contributed by atoms with Crippen LogP contribution in [0.2, 0.25) is 0 Å². The molecule has 0 saturated carbocycles. The van der Waals surface area contributed by atoms with Crippen LogP contribution >= 0.6 is 0 Å². The van der Waals surface area contributed by atoms with E-state index in [1.54, 1.807) is 42.5 Å². The molecule has 0 bridgehead atoms. The first-order valence-electron chi connectivity index (χ1n) is 14.1. The zero-order valence-electron chi connectivity index (χ0n) is 23.4. The molecule has 1 aliphatic heterocycles. The molecule has 3 aromatic carbocycles. The summed E-state index contributed by atoms with van der Waals surface area (Å²) in [5, 5.41) is 37.4. The largest absolute Gasteiger partial charge is 0.507 e. The third-order valence-electron chi connectivity index (χ3n) is 8.18. The van der Waals surface area contributed by atoms with Crippen LogP contribution in [0, 0.1) is 0 Å². The van der Waals surface area contributed by atoms with E-state index in [1.165, 1.54) is 12.1 Å². The molecule has 11 heteroatoms. The van der Waals surface area contributed by atoms with Crippen LogP contribution in [0.3, 0.4) is 0 Å². The number of hydrogen-bond donors (Lipinski definition) is 5. The van der Waals surface area contributed by atoms with E-state index >= 15 is 0 Å². The highest BCUT2D eigenvalue weighted by molar-refractivity contribution is 6.30. The number of aromatic hydroxyl groups is 2. The first-order valence-corrected chi connectivity index (χ1v) is 14.1. The number of aliphatic hydroxyl groups is 1. The molecule has 1 fully saturated rings. The topological polar surface area (TPSA) is 178 Å². The molecule has 2 aliphatic carbocycles. The monoisotopic (exact) mass is 588 g/mol. The van der Waals surface area contributed by atoms with Gasteiger partial charge in [0.25, 0.3) is 0 Å². The molecule has 0 spiro atoms. The minimum Gasteiger partial charge on any atom is -0.507 e. The molecular weight excluding hydrogens is 556 g/mol. The highest BCUT2D eigenvalue weighted by Crippen LogP contribution is 2.51. The van der Waals surface area contributed by atoms with Crippen LogP contribution in [0.15, 0.2) is 54.6 Å². The molecule has 0 aromatic heterocycles. The number of hydrogen-bond acceptors (Lipinski definition) is 10. The Hall–Kier alpha value is -4.29. The van der Waals surface area contributed by atoms with E-state index in [0.717, 1.165) is 0 Å². The fraction of sp³-hybridized carbons (Fsp3) is 0.344. The predicted octanol–water partition coefficient (Wildman–Crippen LogP) is 3.71. The Kier molecular flexibility index (Phi) is 7.43. The molecule has 11 nitrogen and oxygen atoms in total. The molecule has 5 atom stereocenters. The van der Waals surface area contributed by atoms with Crippen molar-refractivity contribution in [2.75, 3.05) is 11.9 Å². The molecule has 1 saturated heterocycles. The van der Waals surface area contributed by atoms with Gasteiger partial charge in [-0.1, -0.05) is 42.5 Å². The van der Waals surface area contributed by atoms with E-state index in [4.69, 9.17) is 19.9 Å². The summed E-state index contributed by atoms with van der Waals surface area (Å²) in [6, 6.07) is 14.6. The van der Waals surface area contributed by atoms with E-state index in [9.17, 15) is 29.7 Å². The van der Waals surface area contributed by atoms with Crippen molar-refractivity contribution in [3.8, 4) is 11.5 Å². The Morgan fingerprint density at radius 2 is 1.63 bits per heavy atom. The first-order chi connectivity index (χ1) is 20.5. The third kappa shape index (κ3) is 5.36. The van der Waals surface area contributed by atoms with E-state index < -0.39 is 53.8 Å². The molecule has 6 N–H and O–H groups in total. The fourth-order valence-electron chi connectivity index (χ4n) is 6.27. The molecule has 3 aliphatic rings. The van der Waals surface area contributed by atoms with E-state index in [-0.39, 0.29) is 58.4 Å². The Morgan fingerprint density at radius 3 is 2.28 bits per heavy atom. The van der Waals surface area contributed by atoms with Crippen molar-refractivity contribution >= 4 is 23.3 Å². The Balaban J connectivity index is 1.38. The summed E-state index contributed by atoms with van der Waals surface area (Å²) in [7, 11) is 0. The van der Waals surface area contributed by atoms with Gasteiger partial charge in [-0.05, 0) is 25.5 Å². The normalized spacial score (nSPS) is 26.2. The highest BCUT2D eigenvalue weighted by Gasteiger charge is 2.47. The molecule has 0 radical (unpaired) electrons. The summed E-state index contributed by atoms with van der Waals surface area (Å²) < 4.78 is 17.6. The van der Waals surface area contributed by atoms with Gasteiger partial charge in [-0.15, -0.1) is 0 Å². The van der Waals surface area contributed by atoms with Gasteiger partial charge in [0.2, 0.25) is 0 Å². The minimum atomic E-state index is -1.79. The zero-order valence-corrected chi connectivity index (χ0v) is 23.4. The van der Waals surface area contributed by atoms with Crippen LogP contribution in [0.4, 0.5) is 10.5 Å². The van der Waals surface area contributed by atoms with Crippen molar-refractivity contribution in [1.29, 1.82) is 0 Å². The second-order valence-electron chi connectivity index (χ2n) is 11.4. The van der Waals surface area contributed by atoms with Crippen molar-refractivity contribution < 1.29 is 43.9 Å². The first kappa shape index (κ1) is 28.8. The average molecular weight is 589 g/mol. The maximum absolute atomic E-state index is 13.5. The lowest BCUT2D eigenvalue weighted by atomic mass is 9.73. The summed E-state index contributed by atoms with van der Waals surface area (Å²) in [4.78, 5) is 39.6. The van der Waals surface area contributed by atoms with E-state index in [0.29, 0.717) is 18.5 Å². The Labute approximate surface area is 247 Å². The lowest BCUT2D eigenvalue weighted by Crippen LogP contribution is -2.46. The van der Waals surface area contributed by atoms with Crippen molar-refractivity contribution in [3.63, 3.8) is 0 Å². The van der Waals surface area contributed by atoms with Crippen LogP contribution < -0.4 is 11.1 Å². The van der Waals surface area contributed by atoms with Gasteiger partial charge >= 0.3 is 6.09 Å². The second-order valence-corrected chi connectivity index (χ2v) is 11.4. The molecule has 3 aromatic rings. The van der Waals surface area contributed by atoms with Crippen molar-refractivity contribution in [2.45, 2.75) is 62.7 Å². The average Bonchev–Trinajstić information content (AvgIpc) is 2.96. The number of nitrogens with one attached hydrogen (secondary N) is 1. The predicted molar refractivity (Wildman–Crippen MR) is 153 cm³/mol. The van der Waals surface area contributed by atoms with Crippen LogP contribution in [-0.4, -0.2) is 63.6 Å². The number of amides is 1. The van der Waals surface area contributed by atoms with E-state index in [2.05, 4.69) is 5.32 Å². The zero-order chi connectivity index (χ0) is 30.5. The summed E-state index contributed by atoms with van der Waals surface area (Å²) in [6.07, 6.45) is -2.52. The summed E-state index contributed by atoms with van der Waals surface area (Å²) in [5.41, 5.74) is 4.49. The number of nitrogens with two attached hydrogens (primary N) is 1. The third-order valence-corrected chi connectivity index (χ3v) is 8.18. The number of phenolic OH excluding ortho intramolecular Hbond substituents is 2. The van der Waals surface area contributed by atoms with Gasteiger partial charge in [0.1, 0.15) is 23.7 Å². The molecule has 6 rings (SSSR count). The number of carbonyl (C=O) groups excluding carboxylic acids is 3. The number of anilines is 1. The van der Waals surface area contributed by atoms with Crippen LogP contribution in [-0.2, 0) is 20.6 Å². The van der Waals surface area contributed by atoms with Gasteiger partial charge in [0.15, 0.2) is 17.9 Å². The molecule has 1 amide bonds. The van der Waals surface area contributed by atoms with Crippen molar-refractivity contribution in [1.82, 2.24) is 0 Å². The van der Waals surface area contributed by atoms with Gasteiger partial charge < -0.3 is 35.3 Å². The fourth-order valence-corrected chi connectivity index (χ4v) is 6.27. The highest BCUT2D eigenvalue weighted by atomic mass is 16.7. The number of phenols is 2. The number of carbonyl (C=O) groups is 3. The van der Waals surface area contributed by atoms with Gasteiger partial charge in [0, 0.05) is 53.2 Å². The van der Waals surface area contributed by atoms with Gasteiger partial charge in [-0.2, -0.15) is 0 Å². The van der Waals surface area contributed by atoms with Crippen LogP contribution in [0.1, 0.15) is 75.3 Å². The minimum absolute atomic E-state index is 0.00996. The number of fused-ring (bicyclic) bond motifs is 3. The summed E-state index contributed by atoms with van der Waals surface area (Å²) >= 11 is 0. The van der Waals surface area contributed by atoms with Gasteiger partial charge in [-0.3, -0.25) is 14.9 Å². The number of para-hydroxylation sites is 1. The maximum atomic E-state index is 13.5. The number of benzene rings is 3. The Morgan fingerprint density at radius 1 is 1.00 bits per heavy atom. The lowest BCUT2D eigenvalue weighted by Gasteiger charge is -2.41. The SMILES string of the molecule is C[C@H]1C[C@@H](N)C[C@H](O[C@H]2C[C@](O)(COC(=O)Nc3ccccc3)Cc3c(O)c4c(c(O)c32)C(=O)c2ccccc2C4=O)O1. The number of ketones is 2. The lowest BCUT2D eigenvalue weighted by molar-refractivity contribution is -0.227.